The maximum atomic E-state index is 11.8. The summed E-state index contributed by atoms with van der Waals surface area (Å²) < 4.78 is 35.4. The maximum Gasteiger partial charge on any atom is 0.456 e. The molecule has 0 spiro atoms. The number of hydrogen-bond donors (Lipinski definition) is 0. The minimum Gasteiger partial charge on any atom is -0.282 e. The van der Waals surface area contributed by atoms with Crippen LogP contribution in [0.5, 0.6) is 0 Å². The Morgan fingerprint density at radius 1 is 1.38 bits per heavy atom. The van der Waals surface area contributed by atoms with E-state index >= 15 is 0 Å². The molecule has 0 unspecified atom stereocenters. The molecule has 0 fully saturated rings. The molecule has 1 rings (SSSR count). The summed E-state index contributed by atoms with van der Waals surface area (Å²) in [5.41, 5.74) is -0.444. The highest BCUT2D eigenvalue weighted by Crippen LogP contribution is 2.19. The third-order valence-electron chi connectivity index (χ3n) is 1.28. The molecule has 0 aliphatic heterocycles. The van der Waals surface area contributed by atoms with Crippen molar-refractivity contribution in [1.29, 1.82) is 0 Å². The van der Waals surface area contributed by atoms with Crippen molar-refractivity contribution in [3.8, 4) is 0 Å². The van der Waals surface area contributed by atoms with E-state index in [-0.39, 0.29) is 5.46 Å². The van der Waals surface area contributed by atoms with E-state index in [2.05, 4.69) is 4.98 Å². The van der Waals surface area contributed by atoms with E-state index in [1.165, 1.54) is 6.07 Å². The second kappa shape index (κ2) is 3.20. The summed E-state index contributed by atoms with van der Waals surface area (Å²) in [7, 11) is 5.18. The lowest BCUT2D eigenvalue weighted by Crippen LogP contribution is -2.24. The van der Waals surface area contributed by atoms with Gasteiger partial charge in [0, 0.05) is 6.20 Å². The van der Waals surface area contributed by atoms with Crippen LogP contribution >= 0.6 is 0 Å². The summed E-state index contributed by atoms with van der Waals surface area (Å²) in [6, 6.07) is 2.12. The number of alkyl halides is 3. The van der Waals surface area contributed by atoms with Crippen LogP contribution in [0.4, 0.5) is 13.2 Å². The van der Waals surface area contributed by atoms with Crippen LogP contribution in [0.15, 0.2) is 18.3 Å². The summed E-state index contributed by atoms with van der Waals surface area (Å²) in [4.78, 5) is 13.8. The highest BCUT2D eigenvalue weighted by Gasteiger charge is 2.40. The first kappa shape index (κ1) is 9.76. The first-order chi connectivity index (χ1) is 5.91. The van der Waals surface area contributed by atoms with E-state index in [0.717, 1.165) is 12.3 Å². The van der Waals surface area contributed by atoms with Crippen molar-refractivity contribution in [1.82, 2.24) is 4.98 Å². The first-order valence-corrected chi connectivity index (χ1v) is 3.24. The van der Waals surface area contributed by atoms with Gasteiger partial charge in [-0.3, -0.25) is 9.78 Å². The van der Waals surface area contributed by atoms with E-state index in [1.807, 2.05) is 0 Å². The van der Waals surface area contributed by atoms with Gasteiger partial charge in [0.2, 0.25) is 0 Å². The fourth-order valence-corrected chi connectivity index (χ4v) is 0.685. The molecule has 0 saturated heterocycles. The molecule has 0 aliphatic carbocycles. The third-order valence-corrected chi connectivity index (χ3v) is 1.28. The average molecular weight is 185 g/mol. The van der Waals surface area contributed by atoms with E-state index in [1.54, 1.807) is 0 Å². The molecule has 66 valence electrons. The number of aromatic nitrogens is 1. The normalized spacial score (nSPS) is 11.3. The highest BCUT2D eigenvalue weighted by atomic mass is 19.4. The minimum absolute atomic E-state index is 0.207. The second-order valence-corrected chi connectivity index (χ2v) is 2.30. The number of hydrogen-bond acceptors (Lipinski definition) is 2. The van der Waals surface area contributed by atoms with E-state index < -0.39 is 17.7 Å². The maximum absolute atomic E-state index is 11.8. The number of Topliss-reactive ketones (excluding diaryl/α,β-unsaturated/α-hetero) is 1. The quantitative estimate of drug-likeness (QED) is 0.474. The molecule has 0 bridgehead atoms. The number of ketones is 1. The lowest BCUT2D eigenvalue weighted by molar-refractivity contribution is -0.0888. The van der Waals surface area contributed by atoms with Gasteiger partial charge in [0.05, 0.1) is 0 Å². The molecule has 0 atom stereocenters. The summed E-state index contributed by atoms with van der Waals surface area (Å²) >= 11 is 0. The van der Waals surface area contributed by atoms with Gasteiger partial charge in [-0.1, -0.05) is 11.5 Å². The molecule has 0 amide bonds. The number of halogens is 3. The van der Waals surface area contributed by atoms with Gasteiger partial charge in [0.25, 0.3) is 5.78 Å². The lowest BCUT2D eigenvalue weighted by atomic mass is 9.98. The Morgan fingerprint density at radius 3 is 2.38 bits per heavy atom. The van der Waals surface area contributed by atoms with E-state index in [9.17, 15) is 18.0 Å². The van der Waals surface area contributed by atoms with Gasteiger partial charge in [-0.15, -0.1) is 0 Å². The molecule has 1 aromatic heterocycles. The Bertz CT molecular complexity index is 320. The van der Waals surface area contributed by atoms with Gasteiger partial charge in [-0.2, -0.15) is 13.2 Å². The summed E-state index contributed by atoms with van der Waals surface area (Å²) in [5, 5.41) is 0. The molecule has 2 radical (unpaired) electrons. The van der Waals surface area contributed by atoms with Crippen molar-refractivity contribution in [3.63, 3.8) is 0 Å². The average Bonchev–Trinajstić information content (AvgIpc) is 2.03. The van der Waals surface area contributed by atoms with Crippen molar-refractivity contribution >= 4 is 19.1 Å². The van der Waals surface area contributed by atoms with Gasteiger partial charge in [-0.05, 0) is 6.07 Å². The first-order valence-electron chi connectivity index (χ1n) is 3.24. The number of pyridine rings is 1. The van der Waals surface area contributed by atoms with Crippen LogP contribution in [-0.4, -0.2) is 24.8 Å². The summed E-state index contributed by atoms with van der Waals surface area (Å²) in [6.07, 6.45) is -3.89. The fraction of sp³-hybridized carbons (Fsp3) is 0.143. The van der Waals surface area contributed by atoms with Gasteiger partial charge in [-0.25, -0.2) is 0 Å². The molecule has 0 N–H and O–H groups in total. The second-order valence-electron chi connectivity index (χ2n) is 2.30. The molecular formula is C7H3BF3NO. The lowest BCUT2D eigenvalue weighted by Gasteiger charge is -2.03. The van der Waals surface area contributed by atoms with Crippen LogP contribution in [0.2, 0.25) is 0 Å². The summed E-state index contributed by atoms with van der Waals surface area (Å²) in [5.74, 6) is -1.97. The third kappa shape index (κ3) is 2.30. The van der Waals surface area contributed by atoms with Crippen LogP contribution in [0.1, 0.15) is 10.5 Å². The van der Waals surface area contributed by atoms with E-state index in [4.69, 9.17) is 7.85 Å². The predicted molar refractivity (Wildman–Crippen MR) is 40.0 cm³/mol. The molecule has 2 nitrogen and oxygen atoms in total. The molecule has 6 heteroatoms. The van der Waals surface area contributed by atoms with Crippen molar-refractivity contribution < 1.29 is 18.0 Å². The van der Waals surface area contributed by atoms with Crippen molar-refractivity contribution in [2.24, 2.45) is 0 Å². The largest absolute Gasteiger partial charge is 0.456 e. The van der Waals surface area contributed by atoms with Gasteiger partial charge in [0.1, 0.15) is 13.5 Å². The highest BCUT2D eigenvalue weighted by molar-refractivity contribution is 6.32. The zero-order valence-corrected chi connectivity index (χ0v) is 6.30. The van der Waals surface area contributed by atoms with Crippen LogP contribution in [-0.2, 0) is 0 Å². The topological polar surface area (TPSA) is 30.0 Å². The number of rotatable bonds is 1. The summed E-state index contributed by atoms with van der Waals surface area (Å²) in [6.45, 7) is 0. The molecule has 13 heavy (non-hydrogen) atoms. The van der Waals surface area contributed by atoms with Crippen LogP contribution in [0.3, 0.4) is 0 Å². The van der Waals surface area contributed by atoms with Crippen molar-refractivity contribution in [2.45, 2.75) is 6.18 Å². The Labute approximate surface area is 73.2 Å². The smallest absolute Gasteiger partial charge is 0.282 e. The van der Waals surface area contributed by atoms with Gasteiger partial charge in [0.15, 0.2) is 0 Å². The van der Waals surface area contributed by atoms with Gasteiger partial charge >= 0.3 is 6.18 Å². The minimum atomic E-state index is -4.89. The van der Waals surface area contributed by atoms with Gasteiger partial charge < -0.3 is 0 Å². The molecular weight excluding hydrogens is 182 g/mol. The van der Waals surface area contributed by atoms with Crippen molar-refractivity contribution in [2.75, 3.05) is 0 Å². The van der Waals surface area contributed by atoms with Crippen LogP contribution in [0, 0.1) is 0 Å². The predicted octanol–water partition coefficient (Wildman–Crippen LogP) is 0.620. The Kier molecular flexibility index (Phi) is 2.40. The Hall–Kier alpha value is -1.33. The standard InChI is InChI=1S/C7H3BF3NO/c8-4-1-2-5(12-3-4)6(13)7(9,10)11/h1-3H. The molecule has 0 aliphatic rings. The van der Waals surface area contributed by atoms with E-state index in [0.29, 0.717) is 0 Å². The molecule has 0 saturated carbocycles. The van der Waals surface area contributed by atoms with Crippen LogP contribution < -0.4 is 5.46 Å². The fourth-order valence-electron chi connectivity index (χ4n) is 0.685. The number of carbonyl (C=O) groups is 1. The van der Waals surface area contributed by atoms with Crippen molar-refractivity contribution in [3.05, 3.63) is 24.0 Å². The zero-order valence-electron chi connectivity index (χ0n) is 6.30. The Balaban J connectivity index is 2.97. The molecule has 1 heterocycles. The van der Waals surface area contributed by atoms with Crippen LogP contribution in [0.25, 0.3) is 0 Å². The monoisotopic (exact) mass is 185 g/mol. The molecule has 1 aromatic rings. The SMILES string of the molecule is [B]c1ccc(C(=O)C(F)(F)F)nc1. The molecule has 0 aromatic carbocycles. The zero-order chi connectivity index (χ0) is 10.1. The Morgan fingerprint density at radius 2 is 2.00 bits per heavy atom. The number of nitrogens with zero attached hydrogens (tertiary/aromatic N) is 1. The number of carbonyl (C=O) groups excluding carboxylic acids is 1.